The number of piperidine rings is 1. The second kappa shape index (κ2) is 14.1. The average Bonchev–Trinajstić information content (AvgIpc) is 2.99. The van der Waals surface area contributed by atoms with E-state index < -0.39 is 0 Å². The van der Waals surface area contributed by atoms with Gasteiger partial charge in [-0.3, -0.25) is 9.88 Å². The lowest BCUT2D eigenvalue weighted by Gasteiger charge is -2.31. The largest absolute Gasteiger partial charge is 0.493 e. The smallest absolute Gasteiger partial charge is 0.163 e. The lowest BCUT2D eigenvalue weighted by Crippen LogP contribution is -2.36. The van der Waals surface area contributed by atoms with Gasteiger partial charge in [-0.05, 0) is 86.1 Å². The van der Waals surface area contributed by atoms with Crippen LogP contribution in [0.4, 0.5) is 11.4 Å². The second-order valence-corrected chi connectivity index (χ2v) is 11.5. The van der Waals surface area contributed by atoms with E-state index in [0.717, 1.165) is 61.2 Å². The van der Waals surface area contributed by atoms with Crippen molar-refractivity contribution >= 4 is 33.9 Å². The van der Waals surface area contributed by atoms with Gasteiger partial charge in [0.05, 0.1) is 23.3 Å². The molecule has 4 aromatic rings. The summed E-state index contributed by atoms with van der Waals surface area (Å²) in [6.07, 6.45) is 4.88. The third kappa shape index (κ3) is 7.46. The van der Waals surface area contributed by atoms with E-state index in [9.17, 15) is 5.11 Å². The molecule has 1 aliphatic rings. The summed E-state index contributed by atoms with van der Waals surface area (Å²) in [5.41, 5.74) is 3.82. The Morgan fingerprint density at radius 1 is 1.00 bits per heavy atom. The number of methoxy groups -OCH3 is 1. The number of fused-ring (bicyclic) bond motifs is 1. The third-order valence-electron chi connectivity index (χ3n) is 7.92. The van der Waals surface area contributed by atoms with Gasteiger partial charge in [-0.15, -0.1) is 0 Å². The molecule has 3 aromatic carbocycles. The van der Waals surface area contributed by atoms with Crippen molar-refractivity contribution in [2.75, 3.05) is 45.3 Å². The number of ether oxygens (including phenoxy) is 3. The number of aliphatic hydroxyl groups excluding tert-OH is 1. The number of hydrogen-bond acceptors (Lipinski definition) is 7. The Hall–Kier alpha value is -3.52. The molecule has 0 atom stereocenters. The average molecular weight is 590 g/mol. The number of likely N-dealkylation sites (tertiary alicyclic amines) is 1. The van der Waals surface area contributed by atoms with Gasteiger partial charge in [-0.2, -0.15) is 0 Å². The maximum Gasteiger partial charge on any atom is 0.163 e. The minimum absolute atomic E-state index is 0.280. The van der Waals surface area contributed by atoms with Crippen molar-refractivity contribution in [3.63, 3.8) is 0 Å². The van der Waals surface area contributed by atoms with Crippen LogP contribution in [0.15, 0.2) is 66.9 Å². The van der Waals surface area contributed by atoms with Crippen LogP contribution in [0.5, 0.6) is 23.0 Å². The molecule has 0 radical (unpaired) electrons. The van der Waals surface area contributed by atoms with Crippen molar-refractivity contribution < 1.29 is 19.3 Å². The highest BCUT2D eigenvalue weighted by atomic mass is 35.5. The number of aromatic nitrogens is 1. The Morgan fingerprint density at radius 2 is 1.79 bits per heavy atom. The molecule has 1 aliphatic heterocycles. The summed E-state index contributed by atoms with van der Waals surface area (Å²) in [4.78, 5) is 6.97. The highest BCUT2D eigenvalue weighted by Crippen LogP contribution is 2.38. The predicted octanol–water partition coefficient (Wildman–Crippen LogP) is 8.03. The van der Waals surface area contributed by atoms with E-state index in [1.165, 1.54) is 5.56 Å². The Kier molecular flexibility index (Phi) is 10.1. The van der Waals surface area contributed by atoms with Crippen LogP contribution in [0.25, 0.3) is 10.9 Å². The Bertz CT molecular complexity index is 1470. The topological polar surface area (TPSA) is 76.1 Å². The normalized spacial score (nSPS) is 14.3. The van der Waals surface area contributed by atoms with Gasteiger partial charge in [-0.1, -0.05) is 37.6 Å². The maximum absolute atomic E-state index is 9.19. The lowest BCUT2D eigenvalue weighted by molar-refractivity contribution is 0.138. The summed E-state index contributed by atoms with van der Waals surface area (Å²) in [7, 11) is 1.64. The molecule has 7 nitrogen and oxygen atoms in total. The first-order chi connectivity index (χ1) is 20.4. The molecule has 0 bridgehead atoms. The van der Waals surface area contributed by atoms with Crippen LogP contribution in [0.2, 0.25) is 5.02 Å². The van der Waals surface area contributed by atoms with Crippen molar-refractivity contribution in [1.29, 1.82) is 0 Å². The predicted molar refractivity (Wildman–Crippen MR) is 170 cm³/mol. The van der Waals surface area contributed by atoms with Crippen LogP contribution in [0.3, 0.4) is 0 Å². The molecule has 2 heterocycles. The van der Waals surface area contributed by atoms with Gasteiger partial charge in [0.15, 0.2) is 11.5 Å². The maximum atomic E-state index is 9.19. The minimum Gasteiger partial charge on any atom is -0.493 e. The SMILES string of the molecule is COc1cc2c(Oc3ccc(Nc4ccc(C(C)C)cc4)c(Cl)c3)ccnc2cc1OCCN1CCC(CCO)CC1. The number of pyridine rings is 1. The summed E-state index contributed by atoms with van der Waals surface area (Å²) < 4.78 is 18.1. The first-order valence-corrected chi connectivity index (χ1v) is 15.1. The highest BCUT2D eigenvalue weighted by Gasteiger charge is 2.19. The molecule has 5 rings (SSSR count). The molecular formula is C34H40ClN3O4. The summed E-state index contributed by atoms with van der Waals surface area (Å²) >= 11 is 6.63. The molecule has 0 saturated carbocycles. The second-order valence-electron chi connectivity index (χ2n) is 11.1. The third-order valence-corrected chi connectivity index (χ3v) is 8.23. The Morgan fingerprint density at radius 3 is 2.48 bits per heavy atom. The zero-order chi connectivity index (χ0) is 29.5. The van der Waals surface area contributed by atoms with E-state index in [2.05, 4.69) is 53.3 Å². The number of anilines is 2. The number of nitrogens with one attached hydrogen (secondary N) is 1. The number of rotatable bonds is 12. The van der Waals surface area contributed by atoms with E-state index in [4.69, 9.17) is 25.8 Å². The molecule has 0 aliphatic carbocycles. The molecule has 2 N–H and O–H groups in total. The van der Waals surface area contributed by atoms with Gasteiger partial charge in [0, 0.05) is 42.6 Å². The summed E-state index contributed by atoms with van der Waals surface area (Å²) in [6.45, 7) is 8.12. The minimum atomic E-state index is 0.280. The lowest BCUT2D eigenvalue weighted by atomic mass is 9.94. The fourth-order valence-electron chi connectivity index (χ4n) is 5.35. The van der Waals surface area contributed by atoms with E-state index in [1.807, 2.05) is 30.3 Å². The fourth-order valence-corrected chi connectivity index (χ4v) is 5.57. The van der Waals surface area contributed by atoms with Crippen molar-refractivity contribution in [3.8, 4) is 23.0 Å². The molecule has 42 heavy (non-hydrogen) atoms. The highest BCUT2D eigenvalue weighted by molar-refractivity contribution is 6.33. The van der Waals surface area contributed by atoms with Gasteiger partial charge < -0.3 is 24.6 Å². The van der Waals surface area contributed by atoms with Crippen LogP contribution in [-0.2, 0) is 0 Å². The Balaban J connectivity index is 1.24. The molecule has 1 fully saturated rings. The van der Waals surface area contributed by atoms with Gasteiger partial charge in [0.2, 0.25) is 0 Å². The van der Waals surface area contributed by atoms with Crippen molar-refractivity contribution in [3.05, 3.63) is 77.4 Å². The molecular weight excluding hydrogens is 550 g/mol. The van der Waals surface area contributed by atoms with Crippen LogP contribution in [0.1, 0.15) is 44.6 Å². The van der Waals surface area contributed by atoms with Crippen LogP contribution < -0.4 is 19.5 Å². The molecule has 0 spiro atoms. The van der Waals surface area contributed by atoms with Gasteiger partial charge in [0.25, 0.3) is 0 Å². The van der Waals surface area contributed by atoms with Gasteiger partial charge >= 0.3 is 0 Å². The molecule has 1 aromatic heterocycles. The number of halogens is 1. The molecule has 222 valence electrons. The Labute approximate surface area is 253 Å². The first kappa shape index (κ1) is 30.0. The van der Waals surface area contributed by atoms with Crippen LogP contribution in [0, 0.1) is 5.92 Å². The van der Waals surface area contributed by atoms with Crippen molar-refractivity contribution in [2.45, 2.75) is 39.0 Å². The first-order valence-electron chi connectivity index (χ1n) is 14.7. The van der Waals surface area contributed by atoms with Crippen molar-refractivity contribution in [2.24, 2.45) is 5.92 Å². The van der Waals surface area contributed by atoms with E-state index in [0.29, 0.717) is 46.5 Å². The quantitative estimate of drug-likeness (QED) is 0.173. The van der Waals surface area contributed by atoms with Gasteiger partial charge in [0.1, 0.15) is 18.1 Å². The van der Waals surface area contributed by atoms with E-state index in [-0.39, 0.29) is 6.61 Å². The zero-order valence-electron chi connectivity index (χ0n) is 24.6. The zero-order valence-corrected chi connectivity index (χ0v) is 25.4. The summed E-state index contributed by atoms with van der Waals surface area (Å²) in [6, 6.07) is 19.6. The van der Waals surface area contributed by atoms with Crippen LogP contribution in [-0.4, -0.2) is 54.9 Å². The molecule has 1 saturated heterocycles. The summed E-state index contributed by atoms with van der Waals surface area (Å²) in [5, 5.41) is 13.9. The fraction of sp³-hybridized carbons (Fsp3) is 0.382. The van der Waals surface area contributed by atoms with Crippen LogP contribution >= 0.6 is 11.6 Å². The van der Waals surface area contributed by atoms with E-state index >= 15 is 0 Å². The molecule has 0 unspecified atom stereocenters. The summed E-state index contributed by atoms with van der Waals surface area (Å²) in [5.74, 6) is 3.67. The van der Waals surface area contributed by atoms with E-state index in [1.54, 1.807) is 19.4 Å². The van der Waals surface area contributed by atoms with Crippen molar-refractivity contribution in [1.82, 2.24) is 9.88 Å². The number of aliphatic hydroxyl groups is 1. The standard InChI is InChI=1S/C34H40ClN3O4/c1-23(2)25-4-6-26(7-5-25)37-30-9-8-27(20-29(30)35)42-32-10-14-36-31-22-34(33(40-3)21-28(31)32)41-19-17-38-15-11-24(12-16-38)13-18-39/h4-10,14,20-24,37,39H,11-13,15-19H2,1-3H3. The number of nitrogens with zero attached hydrogens (tertiary/aromatic N) is 2. The number of hydrogen-bond donors (Lipinski definition) is 2. The van der Waals surface area contributed by atoms with Gasteiger partial charge in [-0.25, -0.2) is 0 Å². The molecule has 8 heteroatoms. The molecule has 0 amide bonds. The monoisotopic (exact) mass is 589 g/mol. The number of benzene rings is 3.